The minimum absolute atomic E-state index is 0.354. The number of carbonyl (C=O) groups is 2. The van der Waals surface area contributed by atoms with E-state index in [-0.39, 0.29) is 5.91 Å². The highest BCUT2D eigenvalue weighted by Gasteiger charge is 2.32. The predicted molar refractivity (Wildman–Crippen MR) is 105 cm³/mol. The van der Waals surface area contributed by atoms with Crippen molar-refractivity contribution in [2.45, 2.75) is 31.7 Å². The number of hydrogen-bond donors (Lipinski definition) is 2. The number of ether oxygens (including phenoxy) is 1. The lowest BCUT2D eigenvalue weighted by Crippen LogP contribution is -2.25. The predicted octanol–water partition coefficient (Wildman–Crippen LogP) is 3.06. The maximum absolute atomic E-state index is 12.2. The fraction of sp³-hybridized carbons (Fsp3) is 0.273. The summed E-state index contributed by atoms with van der Waals surface area (Å²) < 4.78 is 7.78. The van der Waals surface area contributed by atoms with Crippen molar-refractivity contribution in [1.29, 1.82) is 0 Å². The molecule has 6 heteroatoms. The van der Waals surface area contributed by atoms with E-state index in [0.717, 1.165) is 40.6 Å². The van der Waals surface area contributed by atoms with Gasteiger partial charge in [-0.2, -0.15) is 0 Å². The normalized spacial score (nSPS) is 15.9. The number of hydrogen-bond acceptors (Lipinski definition) is 3. The van der Waals surface area contributed by atoms with Crippen molar-refractivity contribution in [1.82, 2.24) is 4.57 Å². The summed E-state index contributed by atoms with van der Waals surface area (Å²) in [5.41, 5.74) is 9.79. The Balaban J connectivity index is 1.93. The van der Waals surface area contributed by atoms with E-state index in [4.69, 9.17) is 15.6 Å². The number of nitrogens with zero attached hydrogens (tertiary/aromatic N) is 1. The second-order valence-corrected chi connectivity index (χ2v) is 7.11. The molecule has 144 valence electrons. The minimum Gasteiger partial charge on any atom is -0.481 e. The molecule has 1 aliphatic carbocycles. The molecule has 1 amide bonds. The highest BCUT2D eigenvalue weighted by molar-refractivity contribution is 5.97. The van der Waals surface area contributed by atoms with Gasteiger partial charge in [-0.15, -0.1) is 0 Å². The Bertz CT molecular complexity index is 1040. The highest BCUT2D eigenvalue weighted by Crippen LogP contribution is 2.43. The van der Waals surface area contributed by atoms with Crippen molar-refractivity contribution in [2.75, 3.05) is 6.61 Å². The van der Waals surface area contributed by atoms with Crippen LogP contribution in [-0.2, 0) is 22.6 Å². The Hall–Kier alpha value is -3.28. The standard InChI is InChI=1S/C22H22N2O4/c23-22(27)15-8-4-9-16-20(15)21-17(10-5-11-18(21)28-13-19(25)26)24(16)12-14-6-2-1-3-7-14/h1-3,5-7,10-11,15H,4,8-9,12-13H2,(H2,23,27)(H,25,26). The fourth-order valence-corrected chi connectivity index (χ4v) is 4.20. The Morgan fingerprint density at radius 2 is 1.93 bits per heavy atom. The smallest absolute Gasteiger partial charge is 0.341 e. The van der Waals surface area contributed by atoms with Crippen LogP contribution in [0.1, 0.15) is 35.6 Å². The second-order valence-electron chi connectivity index (χ2n) is 7.11. The van der Waals surface area contributed by atoms with Gasteiger partial charge in [0.25, 0.3) is 0 Å². The van der Waals surface area contributed by atoms with E-state index in [0.29, 0.717) is 18.7 Å². The van der Waals surface area contributed by atoms with Crippen molar-refractivity contribution in [3.8, 4) is 5.75 Å². The molecule has 28 heavy (non-hydrogen) atoms. The number of carbonyl (C=O) groups excluding carboxylic acids is 1. The number of carboxylic acids is 1. The first-order chi connectivity index (χ1) is 13.6. The SMILES string of the molecule is NC(=O)C1CCCc2c1c1c(OCC(=O)O)cccc1n2Cc1ccccc1. The number of aliphatic carboxylic acids is 1. The Labute approximate surface area is 162 Å². The molecule has 0 radical (unpaired) electrons. The number of nitrogens with two attached hydrogens (primary N) is 1. The molecule has 0 bridgehead atoms. The van der Waals surface area contributed by atoms with Crippen molar-refractivity contribution in [2.24, 2.45) is 5.73 Å². The molecular weight excluding hydrogens is 356 g/mol. The highest BCUT2D eigenvalue weighted by atomic mass is 16.5. The van der Waals surface area contributed by atoms with Crippen LogP contribution >= 0.6 is 0 Å². The quantitative estimate of drug-likeness (QED) is 0.689. The van der Waals surface area contributed by atoms with E-state index < -0.39 is 18.5 Å². The maximum Gasteiger partial charge on any atom is 0.341 e. The Morgan fingerprint density at radius 3 is 2.64 bits per heavy atom. The van der Waals surface area contributed by atoms with Crippen molar-refractivity contribution >= 4 is 22.8 Å². The molecule has 0 spiro atoms. The third-order valence-corrected chi connectivity index (χ3v) is 5.33. The van der Waals surface area contributed by atoms with E-state index in [1.54, 1.807) is 6.07 Å². The van der Waals surface area contributed by atoms with Gasteiger partial charge in [0.2, 0.25) is 5.91 Å². The number of fused-ring (bicyclic) bond motifs is 3. The number of benzene rings is 2. The number of carboxylic acid groups (broad SMARTS) is 1. The zero-order valence-corrected chi connectivity index (χ0v) is 15.4. The third kappa shape index (κ3) is 3.22. The van der Waals surface area contributed by atoms with E-state index in [9.17, 15) is 9.59 Å². The van der Waals surface area contributed by atoms with Crippen LogP contribution in [0.2, 0.25) is 0 Å². The van der Waals surface area contributed by atoms with Gasteiger partial charge in [-0.05, 0) is 42.5 Å². The van der Waals surface area contributed by atoms with E-state index >= 15 is 0 Å². The molecule has 1 heterocycles. The third-order valence-electron chi connectivity index (χ3n) is 5.33. The maximum atomic E-state index is 12.2. The Kier molecular flexibility index (Phi) is 4.77. The zero-order chi connectivity index (χ0) is 19.7. The number of primary amides is 1. The molecule has 1 unspecified atom stereocenters. The summed E-state index contributed by atoms with van der Waals surface area (Å²) in [6.07, 6.45) is 2.43. The van der Waals surface area contributed by atoms with E-state index in [1.165, 1.54) is 0 Å². The van der Waals surface area contributed by atoms with Gasteiger partial charge in [0.15, 0.2) is 6.61 Å². The molecule has 1 atom stereocenters. The summed E-state index contributed by atoms with van der Waals surface area (Å²) in [6.45, 7) is 0.236. The first kappa shape index (κ1) is 18.1. The van der Waals surface area contributed by atoms with Gasteiger partial charge in [0, 0.05) is 17.6 Å². The molecule has 0 fully saturated rings. The van der Waals surface area contributed by atoms with Gasteiger partial charge in [-0.1, -0.05) is 36.4 Å². The molecule has 1 aliphatic rings. The average molecular weight is 378 g/mol. The van der Waals surface area contributed by atoms with Gasteiger partial charge in [-0.3, -0.25) is 4.79 Å². The van der Waals surface area contributed by atoms with Crippen LogP contribution in [0, 0.1) is 0 Å². The van der Waals surface area contributed by atoms with Crippen LogP contribution in [0.15, 0.2) is 48.5 Å². The molecule has 2 aromatic carbocycles. The summed E-state index contributed by atoms with van der Waals surface area (Å²) in [6, 6.07) is 15.7. The van der Waals surface area contributed by atoms with Gasteiger partial charge < -0.3 is 20.1 Å². The van der Waals surface area contributed by atoms with Crippen molar-refractivity contribution < 1.29 is 19.4 Å². The summed E-state index contributed by atoms with van der Waals surface area (Å²) in [5.74, 6) is -1.30. The summed E-state index contributed by atoms with van der Waals surface area (Å²) in [4.78, 5) is 23.2. The monoisotopic (exact) mass is 378 g/mol. The summed E-state index contributed by atoms with van der Waals surface area (Å²) >= 11 is 0. The molecular formula is C22H22N2O4. The van der Waals surface area contributed by atoms with Gasteiger partial charge in [-0.25, -0.2) is 4.79 Å². The molecule has 0 saturated heterocycles. The number of amides is 1. The van der Waals surface area contributed by atoms with Gasteiger partial charge in [0.05, 0.1) is 11.4 Å². The molecule has 3 aromatic rings. The van der Waals surface area contributed by atoms with Crippen LogP contribution in [0.3, 0.4) is 0 Å². The van der Waals surface area contributed by atoms with E-state index in [1.807, 2.05) is 30.3 Å². The van der Waals surface area contributed by atoms with Gasteiger partial charge in [0.1, 0.15) is 5.75 Å². The first-order valence-corrected chi connectivity index (χ1v) is 9.38. The molecule has 3 N–H and O–H groups in total. The molecule has 0 saturated carbocycles. The van der Waals surface area contributed by atoms with Crippen LogP contribution in [0.5, 0.6) is 5.75 Å². The first-order valence-electron chi connectivity index (χ1n) is 9.38. The van der Waals surface area contributed by atoms with Crippen LogP contribution < -0.4 is 10.5 Å². The molecule has 4 rings (SSSR count). The lowest BCUT2D eigenvalue weighted by molar-refractivity contribution is -0.139. The average Bonchev–Trinajstić information content (AvgIpc) is 3.01. The summed E-state index contributed by atoms with van der Waals surface area (Å²) in [7, 11) is 0. The lowest BCUT2D eigenvalue weighted by Gasteiger charge is -2.22. The van der Waals surface area contributed by atoms with Crippen molar-refractivity contribution in [3.05, 3.63) is 65.4 Å². The Morgan fingerprint density at radius 1 is 1.14 bits per heavy atom. The van der Waals surface area contributed by atoms with Crippen LogP contribution in [-0.4, -0.2) is 28.2 Å². The molecule has 6 nitrogen and oxygen atoms in total. The number of aromatic nitrogens is 1. The largest absolute Gasteiger partial charge is 0.481 e. The summed E-state index contributed by atoms with van der Waals surface area (Å²) in [5, 5.41) is 9.83. The minimum atomic E-state index is -1.04. The van der Waals surface area contributed by atoms with Gasteiger partial charge >= 0.3 is 5.97 Å². The van der Waals surface area contributed by atoms with Crippen LogP contribution in [0.25, 0.3) is 10.9 Å². The lowest BCUT2D eigenvalue weighted by atomic mass is 9.84. The van der Waals surface area contributed by atoms with Crippen LogP contribution in [0.4, 0.5) is 0 Å². The zero-order valence-electron chi connectivity index (χ0n) is 15.4. The van der Waals surface area contributed by atoms with Crippen molar-refractivity contribution in [3.63, 3.8) is 0 Å². The second kappa shape index (κ2) is 7.38. The van der Waals surface area contributed by atoms with E-state index in [2.05, 4.69) is 16.7 Å². The fourth-order valence-electron chi connectivity index (χ4n) is 4.20. The topological polar surface area (TPSA) is 94.6 Å². The molecule has 1 aromatic heterocycles. The number of rotatable bonds is 6. The molecule has 0 aliphatic heterocycles.